The van der Waals surface area contributed by atoms with Gasteiger partial charge in [0.05, 0.1) is 5.75 Å². The molecule has 0 aliphatic carbocycles. The maximum absolute atomic E-state index is 12.5. The number of rotatable bonds is 3. The summed E-state index contributed by atoms with van der Waals surface area (Å²) in [5.74, 6) is 0.676. The van der Waals surface area contributed by atoms with Crippen LogP contribution in [0.2, 0.25) is 0 Å². The SMILES string of the molecule is O=C(CSc1nn2cnnc2o1)N1CCCc2ccccc21. The fraction of sp³-hybridized carbons (Fsp3) is 0.286. The molecule has 3 aromatic rings. The predicted octanol–water partition coefficient (Wildman–Crippen LogP) is 1.79. The van der Waals surface area contributed by atoms with Crippen LogP contribution in [0.25, 0.3) is 5.84 Å². The molecule has 0 bridgehead atoms. The van der Waals surface area contributed by atoms with E-state index in [9.17, 15) is 4.79 Å². The predicted molar refractivity (Wildman–Crippen MR) is 80.9 cm³/mol. The number of nitrogens with zero attached hydrogens (tertiary/aromatic N) is 5. The van der Waals surface area contributed by atoms with Crippen LogP contribution in [0, 0.1) is 0 Å². The van der Waals surface area contributed by atoms with Crippen LogP contribution in [-0.4, -0.2) is 38.0 Å². The number of carbonyl (C=O) groups is 1. The molecule has 0 N–H and O–H groups in total. The minimum absolute atomic E-state index is 0.0612. The van der Waals surface area contributed by atoms with Gasteiger partial charge in [-0.05, 0) is 24.5 Å². The zero-order chi connectivity index (χ0) is 14.9. The summed E-state index contributed by atoms with van der Waals surface area (Å²) in [6.07, 6.45) is 3.48. The average molecular weight is 315 g/mol. The van der Waals surface area contributed by atoms with Crippen molar-refractivity contribution in [1.82, 2.24) is 19.8 Å². The third-order valence-corrected chi connectivity index (χ3v) is 4.40. The Kier molecular flexibility index (Phi) is 3.30. The largest absolute Gasteiger partial charge is 0.396 e. The zero-order valence-electron chi connectivity index (χ0n) is 11.7. The molecule has 3 heterocycles. The summed E-state index contributed by atoms with van der Waals surface area (Å²) in [7, 11) is 0. The van der Waals surface area contributed by atoms with E-state index in [-0.39, 0.29) is 11.7 Å². The van der Waals surface area contributed by atoms with Crippen molar-refractivity contribution in [2.24, 2.45) is 0 Å². The second kappa shape index (κ2) is 5.45. The van der Waals surface area contributed by atoms with Crippen LogP contribution in [0.4, 0.5) is 5.69 Å². The van der Waals surface area contributed by atoms with Crippen LogP contribution in [-0.2, 0) is 11.2 Å². The van der Waals surface area contributed by atoms with Gasteiger partial charge in [0.2, 0.25) is 5.91 Å². The van der Waals surface area contributed by atoms with E-state index >= 15 is 0 Å². The summed E-state index contributed by atoms with van der Waals surface area (Å²) >= 11 is 1.27. The first-order chi connectivity index (χ1) is 10.8. The van der Waals surface area contributed by atoms with Crippen molar-refractivity contribution in [2.45, 2.75) is 18.1 Å². The first-order valence-electron chi connectivity index (χ1n) is 6.99. The Morgan fingerprint density at radius 2 is 2.27 bits per heavy atom. The van der Waals surface area contributed by atoms with Crippen LogP contribution >= 0.6 is 11.8 Å². The molecule has 0 unspecified atom stereocenters. The molecule has 7 nitrogen and oxygen atoms in total. The molecule has 1 amide bonds. The van der Waals surface area contributed by atoms with E-state index in [1.807, 2.05) is 23.1 Å². The Morgan fingerprint density at radius 1 is 1.36 bits per heavy atom. The smallest absolute Gasteiger partial charge is 0.345 e. The molecule has 1 aromatic carbocycles. The molecule has 8 heteroatoms. The van der Waals surface area contributed by atoms with Gasteiger partial charge in [-0.2, -0.15) is 4.52 Å². The number of amides is 1. The van der Waals surface area contributed by atoms with E-state index in [1.165, 1.54) is 28.2 Å². The lowest BCUT2D eigenvalue weighted by molar-refractivity contribution is -0.116. The van der Waals surface area contributed by atoms with Gasteiger partial charge in [-0.15, -0.1) is 10.2 Å². The normalized spacial score (nSPS) is 14.3. The summed E-state index contributed by atoms with van der Waals surface area (Å²) < 4.78 is 6.83. The highest BCUT2D eigenvalue weighted by molar-refractivity contribution is 7.99. The standard InChI is InChI=1S/C14H13N5O2S/c20-12(8-22-14-17-19-9-15-16-13(19)21-14)18-7-3-5-10-4-1-2-6-11(10)18/h1-2,4,6,9H,3,5,7-8H2. The van der Waals surface area contributed by atoms with Crippen LogP contribution < -0.4 is 4.90 Å². The number of aromatic nitrogens is 4. The highest BCUT2D eigenvalue weighted by Crippen LogP contribution is 2.28. The molecular formula is C14H13N5O2S. The molecule has 0 fully saturated rings. The maximum Gasteiger partial charge on any atom is 0.345 e. The Labute approximate surface area is 130 Å². The van der Waals surface area contributed by atoms with Crippen LogP contribution in [0.3, 0.4) is 0 Å². The molecule has 0 spiro atoms. The van der Waals surface area contributed by atoms with Gasteiger partial charge in [0, 0.05) is 12.2 Å². The van der Waals surface area contributed by atoms with Gasteiger partial charge in [-0.3, -0.25) is 4.79 Å². The van der Waals surface area contributed by atoms with Gasteiger partial charge in [0.15, 0.2) is 0 Å². The third-order valence-electron chi connectivity index (χ3n) is 3.60. The van der Waals surface area contributed by atoms with Crippen molar-refractivity contribution in [2.75, 3.05) is 17.2 Å². The van der Waals surface area contributed by atoms with Gasteiger partial charge in [-0.25, -0.2) is 0 Å². The van der Waals surface area contributed by atoms with E-state index in [4.69, 9.17) is 4.42 Å². The lowest BCUT2D eigenvalue weighted by Crippen LogP contribution is -2.36. The van der Waals surface area contributed by atoms with E-state index in [0.29, 0.717) is 11.1 Å². The number of aryl methyl sites for hydroxylation is 1. The van der Waals surface area contributed by atoms with Gasteiger partial charge >= 0.3 is 5.84 Å². The molecule has 0 atom stereocenters. The number of anilines is 1. The molecule has 0 radical (unpaired) electrons. The second-order valence-corrected chi connectivity index (χ2v) is 5.92. The molecule has 4 rings (SSSR count). The van der Waals surface area contributed by atoms with Crippen LogP contribution in [0.15, 0.2) is 40.2 Å². The van der Waals surface area contributed by atoms with Crippen LogP contribution in [0.1, 0.15) is 12.0 Å². The third kappa shape index (κ3) is 2.35. The number of carbonyl (C=O) groups excluding carboxylic acids is 1. The highest BCUT2D eigenvalue weighted by atomic mass is 32.2. The molecule has 1 aliphatic heterocycles. The summed E-state index contributed by atoms with van der Waals surface area (Å²) in [5, 5.41) is 12.0. The fourth-order valence-electron chi connectivity index (χ4n) is 2.59. The summed E-state index contributed by atoms with van der Waals surface area (Å²) in [6.45, 7) is 0.759. The molecular weight excluding hydrogens is 302 g/mol. The summed E-state index contributed by atoms with van der Waals surface area (Å²) in [6, 6.07) is 8.06. The molecule has 0 saturated heterocycles. The van der Waals surface area contributed by atoms with Gasteiger partial charge in [0.1, 0.15) is 6.33 Å². The van der Waals surface area contributed by atoms with E-state index in [0.717, 1.165) is 25.1 Å². The number of thioether (sulfide) groups is 1. The van der Waals surface area contributed by atoms with E-state index < -0.39 is 0 Å². The molecule has 112 valence electrons. The number of hydrogen-bond acceptors (Lipinski definition) is 6. The number of para-hydroxylation sites is 1. The number of hydrogen-bond donors (Lipinski definition) is 0. The summed E-state index contributed by atoms with van der Waals surface area (Å²) in [4.78, 5) is 14.3. The van der Waals surface area contributed by atoms with Gasteiger partial charge in [0.25, 0.3) is 5.22 Å². The van der Waals surface area contributed by atoms with Crippen molar-refractivity contribution in [3.8, 4) is 0 Å². The molecule has 2 aromatic heterocycles. The van der Waals surface area contributed by atoms with E-state index in [2.05, 4.69) is 21.4 Å². The fourth-order valence-corrected chi connectivity index (χ4v) is 3.28. The minimum atomic E-state index is 0.0612. The number of fused-ring (bicyclic) bond motifs is 2. The topological polar surface area (TPSA) is 76.5 Å². The monoisotopic (exact) mass is 315 g/mol. The van der Waals surface area contributed by atoms with Crippen LogP contribution in [0.5, 0.6) is 0 Å². The second-order valence-electron chi connectivity index (χ2n) is 4.99. The molecule has 22 heavy (non-hydrogen) atoms. The van der Waals surface area contributed by atoms with Crippen molar-refractivity contribution in [3.63, 3.8) is 0 Å². The number of benzene rings is 1. The lowest BCUT2D eigenvalue weighted by atomic mass is 10.0. The minimum Gasteiger partial charge on any atom is -0.396 e. The van der Waals surface area contributed by atoms with Gasteiger partial charge < -0.3 is 9.32 Å². The van der Waals surface area contributed by atoms with E-state index in [1.54, 1.807) is 0 Å². The summed E-state index contributed by atoms with van der Waals surface area (Å²) in [5.41, 5.74) is 2.25. The first-order valence-corrected chi connectivity index (χ1v) is 7.98. The van der Waals surface area contributed by atoms with Crippen molar-refractivity contribution < 1.29 is 9.21 Å². The quantitative estimate of drug-likeness (QED) is 0.686. The maximum atomic E-state index is 12.5. The molecule has 0 saturated carbocycles. The zero-order valence-corrected chi connectivity index (χ0v) is 12.5. The van der Waals surface area contributed by atoms with Gasteiger partial charge in [-0.1, -0.05) is 35.1 Å². The van der Waals surface area contributed by atoms with Crippen molar-refractivity contribution in [3.05, 3.63) is 36.2 Å². The molecule has 1 aliphatic rings. The Morgan fingerprint density at radius 3 is 3.18 bits per heavy atom. The Bertz CT molecular complexity index is 799. The Balaban J connectivity index is 1.47. The van der Waals surface area contributed by atoms with Crippen molar-refractivity contribution >= 4 is 29.2 Å². The lowest BCUT2D eigenvalue weighted by Gasteiger charge is -2.29. The Hall–Kier alpha value is -2.35. The van der Waals surface area contributed by atoms with Crippen molar-refractivity contribution in [1.29, 1.82) is 0 Å². The first kappa shape index (κ1) is 13.3. The average Bonchev–Trinajstić information content (AvgIpc) is 3.13. The highest BCUT2D eigenvalue weighted by Gasteiger charge is 2.22.